The molecule has 1 fully saturated rings. The lowest BCUT2D eigenvalue weighted by molar-refractivity contribution is -0.132. The Labute approximate surface area is 189 Å². The Morgan fingerprint density at radius 2 is 1.87 bits per heavy atom. The van der Waals surface area contributed by atoms with E-state index in [2.05, 4.69) is 4.98 Å². The van der Waals surface area contributed by atoms with E-state index in [0.717, 1.165) is 4.70 Å². The maximum Gasteiger partial charge on any atom is 0.302 e. The molecule has 1 atom stereocenters. The number of amides is 1. The quantitative estimate of drug-likeness (QED) is 0.231. The number of aliphatic hydroxyl groups is 1. The molecule has 0 saturated carbocycles. The fraction of sp³-hybridized carbons (Fsp3) is 0.0455. The van der Waals surface area contributed by atoms with Gasteiger partial charge in [-0.05, 0) is 42.5 Å². The fourth-order valence-corrected chi connectivity index (χ4v) is 4.80. The molecule has 0 radical (unpaired) electrons. The highest BCUT2D eigenvalue weighted by Crippen LogP contribution is 2.44. The van der Waals surface area contributed by atoms with E-state index in [4.69, 9.17) is 27.6 Å². The summed E-state index contributed by atoms with van der Waals surface area (Å²) in [5.41, 5.74) is 0.845. The number of thiazole rings is 1. The van der Waals surface area contributed by atoms with E-state index in [-0.39, 0.29) is 21.9 Å². The number of rotatable bonds is 3. The third kappa shape index (κ3) is 3.22. The highest BCUT2D eigenvalue weighted by Gasteiger charge is 2.49. The van der Waals surface area contributed by atoms with Crippen molar-refractivity contribution in [2.75, 3.05) is 4.90 Å². The lowest BCUT2D eigenvalue weighted by Gasteiger charge is -2.20. The summed E-state index contributed by atoms with van der Waals surface area (Å²) in [5.74, 6) is -1.70. The average Bonchev–Trinajstić information content (AvgIpc) is 3.48. The molecular formula is C22H12Cl2N2O4S. The summed E-state index contributed by atoms with van der Waals surface area (Å²) in [7, 11) is 0. The van der Waals surface area contributed by atoms with Crippen LogP contribution in [0, 0.1) is 0 Å². The predicted octanol–water partition coefficient (Wildman–Crippen LogP) is 5.82. The minimum Gasteiger partial charge on any atom is -0.507 e. The Bertz CT molecular complexity index is 1340. The van der Waals surface area contributed by atoms with Gasteiger partial charge in [0, 0.05) is 5.56 Å². The van der Waals surface area contributed by atoms with E-state index in [1.54, 1.807) is 12.1 Å². The van der Waals surface area contributed by atoms with Crippen molar-refractivity contribution in [3.05, 3.63) is 87.8 Å². The van der Waals surface area contributed by atoms with E-state index >= 15 is 0 Å². The van der Waals surface area contributed by atoms with Crippen molar-refractivity contribution < 1.29 is 19.1 Å². The molecule has 0 aliphatic carbocycles. The number of furan rings is 1. The van der Waals surface area contributed by atoms with Gasteiger partial charge in [0.15, 0.2) is 5.13 Å². The molecule has 154 valence electrons. The van der Waals surface area contributed by atoms with E-state index < -0.39 is 17.7 Å². The van der Waals surface area contributed by atoms with Gasteiger partial charge < -0.3 is 9.52 Å². The zero-order valence-corrected chi connectivity index (χ0v) is 17.9. The molecule has 2 aromatic carbocycles. The largest absolute Gasteiger partial charge is 0.507 e. The van der Waals surface area contributed by atoms with Crippen LogP contribution in [0.2, 0.25) is 10.0 Å². The molecule has 0 spiro atoms. The van der Waals surface area contributed by atoms with Crippen molar-refractivity contribution in [3.8, 4) is 0 Å². The third-order valence-corrected chi connectivity index (χ3v) is 6.71. The maximum absolute atomic E-state index is 13.1. The van der Waals surface area contributed by atoms with Crippen molar-refractivity contribution in [2.24, 2.45) is 0 Å². The molecule has 1 N–H and O–H groups in total. The number of benzene rings is 2. The summed E-state index contributed by atoms with van der Waals surface area (Å²) in [5, 5.41) is 11.9. The summed E-state index contributed by atoms with van der Waals surface area (Å²) in [6, 6.07) is 14.2. The number of halogens is 2. The monoisotopic (exact) mass is 470 g/mol. The van der Waals surface area contributed by atoms with Crippen LogP contribution in [0.3, 0.4) is 0 Å². The average molecular weight is 471 g/mol. The summed E-state index contributed by atoms with van der Waals surface area (Å²) in [6.45, 7) is 0. The van der Waals surface area contributed by atoms with Crippen LogP contribution >= 0.6 is 34.5 Å². The van der Waals surface area contributed by atoms with Gasteiger partial charge in [-0.1, -0.05) is 46.7 Å². The van der Waals surface area contributed by atoms with Gasteiger partial charge in [0.05, 0.1) is 32.1 Å². The van der Waals surface area contributed by atoms with Crippen LogP contribution in [0.4, 0.5) is 5.13 Å². The molecule has 6 nitrogen and oxygen atoms in total. The van der Waals surface area contributed by atoms with Crippen LogP contribution < -0.4 is 4.90 Å². The Kier molecular flexibility index (Phi) is 4.81. The smallest absolute Gasteiger partial charge is 0.302 e. The number of nitrogens with zero attached hydrogens (tertiary/aromatic N) is 2. The van der Waals surface area contributed by atoms with Gasteiger partial charge in [-0.15, -0.1) is 0 Å². The second-order valence-electron chi connectivity index (χ2n) is 6.78. The molecule has 31 heavy (non-hydrogen) atoms. The molecule has 1 aliphatic heterocycles. The van der Waals surface area contributed by atoms with Crippen LogP contribution in [-0.2, 0) is 9.59 Å². The third-order valence-electron chi connectivity index (χ3n) is 4.94. The van der Waals surface area contributed by atoms with Crippen molar-refractivity contribution >= 4 is 67.3 Å². The zero-order valence-electron chi connectivity index (χ0n) is 15.6. The number of para-hydroxylation sites is 1. The van der Waals surface area contributed by atoms with Crippen LogP contribution in [0.15, 0.2) is 70.9 Å². The van der Waals surface area contributed by atoms with E-state index in [9.17, 15) is 14.7 Å². The Morgan fingerprint density at radius 3 is 2.58 bits per heavy atom. The number of ketones is 1. The molecular weight excluding hydrogens is 459 g/mol. The van der Waals surface area contributed by atoms with Gasteiger partial charge in [0.2, 0.25) is 0 Å². The van der Waals surface area contributed by atoms with Crippen LogP contribution in [0.25, 0.3) is 16.0 Å². The minimum absolute atomic E-state index is 0.113. The van der Waals surface area contributed by atoms with Crippen molar-refractivity contribution in [1.82, 2.24) is 4.98 Å². The van der Waals surface area contributed by atoms with Gasteiger partial charge >= 0.3 is 5.91 Å². The predicted molar refractivity (Wildman–Crippen MR) is 120 cm³/mol. The van der Waals surface area contributed by atoms with Gasteiger partial charge in [0.1, 0.15) is 17.6 Å². The molecule has 1 saturated heterocycles. The molecule has 3 heterocycles. The van der Waals surface area contributed by atoms with Crippen LogP contribution in [-0.4, -0.2) is 21.8 Å². The Morgan fingerprint density at radius 1 is 1.06 bits per heavy atom. The molecule has 1 amide bonds. The lowest BCUT2D eigenvalue weighted by Crippen LogP contribution is -2.29. The molecule has 1 unspecified atom stereocenters. The minimum atomic E-state index is -0.981. The highest BCUT2D eigenvalue weighted by atomic mass is 35.5. The van der Waals surface area contributed by atoms with E-state index in [1.165, 1.54) is 40.7 Å². The molecule has 2 aromatic heterocycles. The van der Waals surface area contributed by atoms with Gasteiger partial charge in [0.25, 0.3) is 5.78 Å². The second-order valence-corrected chi connectivity index (χ2v) is 8.60. The van der Waals surface area contributed by atoms with Crippen LogP contribution in [0.1, 0.15) is 17.4 Å². The standard InChI is InChI=1S/C22H12Cl2N2O4S/c23-12-8-7-11(10-13(12)24)19(27)17-18(15-5-3-9-30-15)26(21(29)20(17)28)22-25-14-4-1-2-6-16(14)31-22/h1-10,18,27H/b19-17+. The SMILES string of the molecule is O=C1C(=O)N(c2nc3ccccc3s2)C(c2ccco2)/C1=C(\O)c1ccc(Cl)c(Cl)c1. The summed E-state index contributed by atoms with van der Waals surface area (Å²) in [6.07, 6.45) is 1.44. The summed E-state index contributed by atoms with van der Waals surface area (Å²) >= 11 is 13.3. The van der Waals surface area contributed by atoms with E-state index in [1.807, 2.05) is 24.3 Å². The molecule has 9 heteroatoms. The number of fused-ring (bicyclic) bond motifs is 1. The first-order valence-corrected chi connectivity index (χ1v) is 10.7. The number of anilines is 1. The maximum atomic E-state index is 13.1. The number of carbonyl (C=O) groups excluding carboxylic acids is 2. The second kappa shape index (κ2) is 7.53. The van der Waals surface area contributed by atoms with Gasteiger partial charge in [-0.2, -0.15) is 0 Å². The number of aliphatic hydroxyl groups excluding tert-OH is 1. The Hall–Kier alpha value is -3.13. The van der Waals surface area contributed by atoms with Gasteiger partial charge in [-0.25, -0.2) is 4.98 Å². The normalized spacial score (nSPS) is 18.3. The topological polar surface area (TPSA) is 83.6 Å². The molecule has 5 rings (SSSR count). The fourth-order valence-electron chi connectivity index (χ4n) is 3.51. The zero-order chi connectivity index (χ0) is 21.7. The van der Waals surface area contributed by atoms with Crippen molar-refractivity contribution in [3.63, 3.8) is 0 Å². The summed E-state index contributed by atoms with van der Waals surface area (Å²) in [4.78, 5) is 31.9. The first-order chi connectivity index (χ1) is 15.0. The number of carbonyl (C=O) groups is 2. The first kappa shape index (κ1) is 19.8. The number of hydrogen-bond donors (Lipinski definition) is 1. The molecule has 1 aliphatic rings. The van der Waals surface area contributed by atoms with Gasteiger partial charge in [-0.3, -0.25) is 14.5 Å². The summed E-state index contributed by atoms with van der Waals surface area (Å²) < 4.78 is 6.40. The molecule has 0 bridgehead atoms. The van der Waals surface area contributed by atoms with Crippen LogP contribution in [0.5, 0.6) is 0 Å². The lowest BCUT2D eigenvalue weighted by atomic mass is 9.99. The number of aromatic nitrogens is 1. The Balaban J connectivity index is 1.72. The van der Waals surface area contributed by atoms with Crippen molar-refractivity contribution in [2.45, 2.75) is 6.04 Å². The van der Waals surface area contributed by atoms with E-state index in [0.29, 0.717) is 21.4 Å². The number of hydrogen-bond acceptors (Lipinski definition) is 6. The highest BCUT2D eigenvalue weighted by molar-refractivity contribution is 7.22. The molecule has 4 aromatic rings. The van der Waals surface area contributed by atoms with Crippen molar-refractivity contribution in [1.29, 1.82) is 0 Å². The first-order valence-electron chi connectivity index (χ1n) is 9.11. The number of Topliss-reactive ketones (excluding diaryl/α,β-unsaturated/α-hetero) is 1.